The van der Waals surface area contributed by atoms with Crippen LogP contribution < -0.4 is 10.1 Å². The molecule has 1 atom stereocenters. The predicted molar refractivity (Wildman–Crippen MR) is 101 cm³/mol. The summed E-state index contributed by atoms with van der Waals surface area (Å²) in [5.74, 6) is 0.127. The van der Waals surface area contributed by atoms with Crippen LogP contribution in [0.25, 0.3) is 0 Å². The Balaban J connectivity index is 1.98. The van der Waals surface area contributed by atoms with Crippen molar-refractivity contribution in [2.45, 2.75) is 26.5 Å². The standard InChI is InChI=1S/C18H20ClNO5S/c1-3-23-18(22)14(10-26)20-17(21)15-8-7-12(25-15)9-24-16-11(2)5-4-6-13(16)19/h4-8,14,26H,3,9-10H2,1-2H3,(H,20,21)/t14-/m0/s1. The van der Waals surface area contributed by atoms with Crippen molar-refractivity contribution in [1.29, 1.82) is 0 Å². The van der Waals surface area contributed by atoms with Gasteiger partial charge in [-0.1, -0.05) is 23.7 Å². The second-order valence-electron chi connectivity index (χ2n) is 5.40. The van der Waals surface area contributed by atoms with E-state index < -0.39 is 17.9 Å². The van der Waals surface area contributed by atoms with E-state index in [2.05, 4.69) is 17.9 Å². The molecule has 0 saturated heterocycles. The lowest BCUT2D eigenvalue weighted by Gasteiger charge is -2.14. The molecule has 140 valence electrons. The van der Waals surface area contributed by atoms with Gasteiger partial charge in [0, 0.05) is 5.75 Å². The number of ether oxygens (including phenoxy) is 2. The smallest absolute Gasteiger partial charge is 0.329 e. The highest BCUT2D eigenvalue weighted by atomic mass is 35.5. The molecule has 26 heavy (non-hydrogen) atoms. The van der Waals surface area contributed by atoms with E-state index in [1.165, 1.54) is 6.07 Å². The zero-order chi connectivity index (χ0) is 19.1. The van der Waals surface area contributed by atoms with Crippen molar-refractivity contribution in [3.05, 3.63) is 52.4 Å². The number of esters is 1. The van der Waals surface area contributed by atoms with E-state index in [0.29, 0.717) is 16.5 Å². The van der Waals surface area contributed by atoms with E-state index in [-0.39, 0.29) is 24.7 Å². The van der Waals surface area contributed by atoms with Gasteiger partial charge in [0.05, 0.1) is 11.6 Å². The second-order valence-corrected chi connectivity index (χ2v) is 6.17. The Kier molecular flexibility index (Phi) is 7.41. The summed E-state index contributed by atoms with van der Waals surface area (Å²) in [7, 11) is 0. The fourth-order valence-corrected chi connectivity index (χ4v) is 2.69. The molecule has 1 aromatic heterocycles. The molecule has 1 N–H and O–H groups in total. The third-order valence-electron chi connectivity index (χ3n) is 3.47. The van der Waals surface area contributed by atoms with Gasteiger partial charge < -0.3 is 19.2 Å². The number of benzene rings is 1. The average molecular weight is 398 g/mol. The Labute approximate surface area is 162 Å². The molecule has 6 nitrogen and oxygen atoms in total. The maximum Gasteiger partial charge on any atom is 0.329 e. The highest BCUT2D eigenvalue weighted by molar-refractivity contribution is 7.80. The predicted octanol–water partition coefficient (Wildman–Crippen LogP) is 3.41. The summed E-state index contributed by atoms with van der Waals surface area (Å²) in [5, 5.41) is 3.03. The third kappa shape index (κ3) is 5.19. The second kappa shape index (κ2) is 9.54. The van der Waals surface area contributed by atoms with Gasteiger partial charge in [0.2, 0.25) is 0 Å². The summed E-state index contributed by atoms with van der Waals surface area (Å²) in [4.78, 5) is 23.9. The fraction of sp³-hybridized carbons (Fsp3) is 0.333. The summed E-state index contributed by atoms with van der Waals surface area (Å²) in [6.07, 6.45) is 0. The molecule has 0 fully saturated rings. The monoisotopic (exact) mass is 397 g/mol. The molecule has 0 bridgehead atoms. The summed E-state index contributed by atoms with van der Waals surface area (Å²) in [6.45, 7) is 3.92. The number of furan rings is 1. The minimum Gasteiger partial charge on any atom is -0.484 e. The highest BCUT2D eigenvalue weighted by Gasteiger charge is 2.22. The number of thiol groups is 1. The van der Waals surface area contributed by atoms with Crippen LogP contribution in [0.2, 0.25) is 5.02 Å². The lowest BCUT2D eigenvalue weighted by molar-refractivity contribution is -0.144. The van der Waals surface area contributed by atoms with Gasteiger partial charge in [-0.15, -0.1) is 0 Å². The van der Waals surface area contributed by atoms with Crippen LogP contribution in [0.1, 0.15) is 28.8 Å². The summed E-state index contributed by atoms with van der Waals surface area (Å²) in [5.41, 5.74) is 0.896. The average Bonchev–Trinajstić information content (AvgIpc) is 3.08. The van der Waals surface area contributed by atoms with E-state index in [9.17, 15) is 9.59 Å². The molecule has 0 aliphatic rings. The normalized spacial score (nSPS) is 11.7. The van der Waals surface area contributed by atoms with Gasteiger partial charge in [0.25, 0.3) is 5.91 Å². The Hall–Kier alpha value is -2.12. The maximum atomic E-state index is 12.2. The molecule has 8 heteroatoms. The molecule has 2 aromatic rings. The van der Waals surface area contributed by atoms with Crippen molar-refractivity contribution in [2.24, 2.45) is 0 Å². The molecule has 1 aromatic carbocycles. The third-order valence-corrected chi connectivity index (χ3v) is 4.13. The van der Waals surface area contributed by atoms with Gasteiger partial charge in [0.1, 0.15) is 24.2 Å². The fourth-order valence-electron chi connectivity index (χ4n) is 2.17. The van der Waals surface area contributed by atoms with Gasteiger partial charge >= 0.3 is 5.97 Å². The first-order valence-electron chi connectivity index (χ1n) is 8.01. The van der Waals surface area contributed by atoms with Gasteiger partial charge in [-0.2, -0.15) is 12.6 Å². The number of rotatable bonds is 8. The number of hydrogen-bond acceptors (Lipinski definition) is 6. The van der Waals surface area contributed by atoms with Crippen LogP contribution >= 0.6 is 24.2 Å². The van der Waals surface area contributed by atoms with Crippen molar-refractivity contribution in [3.63, 3.8) is 0 Å². The summed E-state index contributed by atoms with van der Waals surface area (Å²) >= 11 is 10.2. The Bertz CT molecular complexity index is 756. The molecule has 0 saturated carbocycles. The number of amides is 1. The highest BCUT2D eigenvalue weighted by Crippen LogP contribution is 2.28. The SMILES string of the molecule is CCOC(=O)[C@H](CS)NC(=O)c1ccc(COc2c(C)cccc2Cl)o1. The zero-order valence-electron chi connectivity index (χ0n) is 14.5. The Morgan fingerprint density at radius 1 is 1.31 bits per heavy atom. The van der Waals surface area contributed by atoms with Crippen LogP contribution in [0.15, 0.2) is 34.7 Å². The summed E-state index contributed by atoms with van der Waals surface area (Å²) < 4.78 is 16.0. The van der Waals surface area contributed by atoms with Crippen LogP contribution in [0, 0.1) is 6.92 Å². The van der Waals surface area contributed by atoms with Gasteiger partial charge in [-0.3, -0.25) is 4.79 Å². The van der Waals surface area contributed by atoms with E-state index in [4.69, 9.17) is 25.5 Å². The first-order chi connectivity index (χ1) is 12.5. The minimum atomic E-state index is -0.846. The lowest BCUT2D eigenvalue weighted by atomic mass is 10.2. The Morgan fingerprint density at radius 3 is 2.73 bits per heavy atom. The van der Waals surface area contributed by atoms with Crippen LogP contribution in [0.3, 0.4) is 0 Å². The van der Waals surface area contributed by atoms with Crippen LogP contribution in [-0.4, -0.2) is 30.3 Å². The summed E-state index contributed by atoms with van der Waals surface area (Å²) in [6, 6.07) is 7.74. The number of aryl methyl sites for hydroxylation is 1. The van der Waals surface area contributed by atoms with Crippen LogP contribution in [0.5, 0.6) is 5.75 Å². The van der Waals surface area contributed by atoms with Crippen molar-refractivity contribution in [1.82, 2.24) is 5.32 Å². The van der Waals surface area contributed by atoms with Crippen molar-refractivity contribution < 1.29 is 23.5 Å². The number of hydrogen-bond donors (Lipinski definition) is 2. The molecule has 1 heterocycles. The van der Waals surface area contributed by atoms with E-state index >= 15 is 0 Å². The number of nitrogens with one attached hydrogen (secondary N) is 1. The quantitative estimate of drug-likeness (QED) is 0.527. The number of carbonyl (C=O) groups excluding carboxylic acids is 2. The van der Waals surface area contributed by atoms with Gasteiger partial charge in [0.15, 0.2) is 5.76 Å². The number of carbonyl (C=O) groups is 2. The first kappa shape index (κ1) is 20.2. The number of halogens is 1. The van der Waals surface area contributed by atoms with Crippen molar-refractivity contribution >= 4 is 36.1 Å². The zero-order valence-corrected chi connectivity index (χ0v) is 16.1. The maximum absolute atomic E-state index is 12.2. The molecule has 0 unspecified atom stereocenters. The van der Waals surface area contributed by atoms with Gasteiger partial charge in [-0.05, 0) is 37.6 Å². The van der Waals surface area contributed by atoms with E-state index in [1.54, 1.807) is 19.1 Å². The molecule has 2 rings (SSSR count). The molecule has 0 aliphatic heterocycles. The first-order valence-corrected chi connectivity index (χ1v) is 9.02. The largest absolute Gasteiger partial charge is 0.484 e. The van der Waals surface area contributed by atoms with Gasteiger partial charge in [-0.25, -0.2) is 4.79 Å². The van der Waals surface area contributed by atoms with Crippen molar-refractivity contribution in [3.8, 4) is 5.75 Å². The number of para-hydroxylation sites is 1. The molecular formula is C18H20ClNO5S. The van der Waals surface area contributed by atoms with E-state index in [0.717, 1.165) is 5.56 Å². The molecule has 0 aliphatic carbocycles. The van der Waals surface area contributed by atoms with Crippen molar-refractivity contribution in [2.75, 3.05) is 12.4 Å². The Morgan fingerprint density at radius 2 is 2.08 bits per heavy atom. The lowest BCUT2D eigenvalue weighted by Crippen LogP contribution is -2.43. The topological polar surface area (TPSA) is 77.8 Å². The molecule has 1 amide bonds. The molecular weight excluding hydrogens is 378 g/mol. The minimum absolute atomic E-state index is 0.0653. The van der Waals surface area contributed by atoms with E-state index in [1.807, 2.05) is 19.1 Å². The molecule has 0 spiro atoms. The molecule has 0 radical (unpaired) electrons. The van der Waals surface area contributed by atoms with Crippen LogP contribution in [-0.2, 0) is 16.1 Å². The van der Waals surface area contributed by atoms with Crippen LogP contribution in [0.4, 0.5) is 0 Å².